The summed E-state index contributed by atoms with van der Waals surface area (Å²) in [5.41, 5.74) is 1.37. The molecular formula is C20H19F3N2O2. The Morgan fingerprint density at radius 3 is 2.33 bits per heavy atom. The van der Waals surface area contributed by atoms with E-state index in [1.165, 1.54) is 18.2 Å². The first-order valence-corrected chi connectivity index (χ1v) is 8.52. The lowest BCUT2D eigenvalue weighted by atomic mass is 10.1. The summed E-state index contributed by atoms with van der Waals surface area (Å²) in [6.07, 6.45) is -4.60. The predicted octanol–water partition coefficient (Wildman–Crippen LogP) is 4.31. The Bertz CT molecular complexity index is 873. The van der Waals surface area contributed by atoms with Gasteiger partial charge >= 0.3 is 6.18 Å². The van der Waals surface area contributed by atoms with Crippen LogP contribution in [0.25, 0.3) is 0 Å². The topological polar surface area (TPSA) is 49.4 Å². The third-order valence-electron chi connectivity index (χ3n) is 4.70. The van der Waals surface area contributed by atoms with Crippen molar-refractivity contribution in [1.29, 1.82) is 0 Å². The maximum Gasteiger partial charge on any atom is 0.418 e. The lowest BCUT2D eigenvalue weighted by Crippen LogP contribution is -2.29. The van der Waals surface area contributed by atoms with Crippen LogP contribution in [0.1, 0.15) is 23.1 Å². The van der Waals surface area contributed by atoms with E-state index in [1.54, 1.807) is 4.90 Å². The Morgan fingerprint density at radius 2 is 1.70 bits per heavy atom. The molecule has 3 rings (SSSR count). The summed E-state index contributed by atoms with van der Waals surface area (Å²) in [4.78, 5) is 26.5. The van der Waals surface area contributed by atoms with Crippen molar-refractivity contribution in [3.05, 3.63) is 59.2 Å². The van der Waals surface area contributed by atoms with Gasteiger partial charge in [-0.1, -0.05) is 30.3 Å². The molecule has 1 atom stereocenters. The summed E-state index contributed by atoms with van der Waals surface area (Å²) < 4.78 is 39.3. The number of amides is 2. The summed E-state index contributed by atoms with van der Waals surface area (Å²) in [7, 11) is 0. The molecule has 1 N–H and O–H groups in total. The van der Waals surface area contributed by atoms with E-state index < -0.39 is 23.6 Å². The fraction of sp³-hybridized carbons (Fsp3) is 0.300. The minimum atomic E-state index is -4.57. The Kier molecular flexibility index (Phi) is 4.95. The third kappa shape index (κ3) is 3.82. The summed E-state index contributed by atoms with van der Waals surface area (Å²) in [5.74, 6) is -1.51. The molecule has 7 heteroatoms. The molecule has 0 radical (unpaired) electrons. The quantitative estimate of drug-likeness (QED) is 0.868. The number of anilines is 2. The van der Waals surface area contributed by atoms with E-state index in [0.717, 1.165) is 22.9 Å². The van der Waals surface area contributed by atoms with Crippen LogP contribution < -0.4 is 10.2 Å². The SMILES string of the molecule is Cc1cccc(C)c1N1C[C@@H](C(=O)Nc2ccccc2C(F)(F)F)CC1=O. The van der Waals surface area contributed by atoms with Crippen LogP contribution in [0.2, 0.25) is 0 Å². The first-order valence-electron chi connectivity index (χ1n) is 8.52. The van der Waals surface area contributed by atoms with E-state index in [2.05, 4.69) is 5.32 Å². The number of carbonyl (C=O) groups excluding carboxylic acids is 2. The summed E-state index contributed by atoms with van der Waals surface area (Å²) in [6.45, 7) is 3.90. The molecule has 1 heterocycles. The second kappa shape index (κ2) is 7.06. The number of aryl methyl sites for hydroxylation is 2. The molecule has 27 heavy (non-hydrogen) atoms. The zero-order chi connectivity index (χ0) is 19.8. The van der Waals surface area contributed by atoms with Crippen molar-refractivity contribution in [1.82, 2.24) is 0 Å². The molecule has 0 unspecified atom stereocenters. The van der Waals surface area contributed by atoms with Gasteiger partial charge in [0.15, 0.2) is 0 Å². The molecule has 2 aromatic carbocycles. The summed E-state index contributed by atoms with van der Waals surface area (Å²) in [5, 5.41) is 2.34. The molecule has 142 valence electrons. The Hall–Kier alpha value is -2.83. The van der Waals surface area contributed by atoms with Gasteiger partial charge in [0.25, 0.3) is 0 Å². The van der Waals surface area contributed by atoms with Crippen molar-refractivity contribution in [3.63, 3.8) is 0 Å². The lowest BCUT2D eigenvalue weighted by Gasteiger charge is -2.21. The number of para-hydroxylation sites is 2. The van der Waals surface area contributed by atoms with Crippen molar-refractivity contribution in [2.45, 2.75) is 26.4 Å². The number of hydrogen-bond donors (Lipinski definition) is 1. The van der Waals surface area contributed by atoms with Crippen LogP contribution in [0.4, 0.5) is 24.5 Å². The molecule has 1 aliphatic rings. The van der Waals surface area contributed by atoms with Gasteiger partial charge in [-0.2, -0.15) is 13.2 Å². The zero-order valence-corrected chi connectivity index (χ0v) is 14.9. The number of nitrogens with one attached hydrogen (secondary N) is 1. The van der Waals surface area contributed by atoms with Crippen molar-refractivity contribution in [2.75, 3.05) is 16.8 Å². The van der Waals surface area contributed by atoms with Crippen molar-refractivity contribution in [2.24, 2.45) is 5.92 Å². The van der Waals surface area contributed by atoms with E-state index in [4.69, 9.17) is 0 Å². The average Bonchev–Trinajstić information content (AvgIpc) is 2.96. The first-order chi connectivity index (χ1) is 12.7. The second-order valence-corrected chi connectivity index (χ2v) is 6.68. The van der Waals surface area contributed by atoms with Crippen LogP contribution in [-0.2, 0) is 15.8 Å². The number of hydrogen-bond acceptors (Lipinski definition) is 2. The Morgan fingerprint density at radius 1 is 1.07 bits per heavy atom. The largest absolute Gasteiger partial charge is 0.418 e. The molecular weight excluding hydrogens is 357 g/mol. The zero-order valence-electron chi connectivity index (χ0n) is 14.9. The average molecular weight is 376 g/mol. The second-order valence-electron chi connectivity index (χ2n) is 6.68. The molecule has 1 aliphatic heterocycles. The van der Waals surface area contributed by atoms with E-state index in [9.17, 15) is 22.8 Å². The molecule has 0 aliphatic carbocycles. The highest BCUT2D eigenvalue weighted by atomic mass is 19.4. The predicted molar refractivity (Wildman–Crippen MR) is 96.4 cm³/mol. The van der Waals surface area contributed by atoms with Crippen molar-refractivity contribution >= 4 is 23.2 Å². The first kappa shape index (κ1) is 18.9. The van der Waals surface area contributed by atoms with Crippen LogP contribution in [0.3, 0.4) is 0 Å². The van der Waals surface area contributed by atoms with Crippen molar-refractivity contribution in [3.8, 4) is 0 Å². The minimum Gasteiger partial charge on any atom is -0.325 e. The van der Waals surface area contributed by atoms with Crippen LogP contribution >= 0.6 is 0 Å². The lowest BCUT2D eigenvalue weighted by molar-refractivity contribution is -0.137. The number of nitrogens with zero attached hydrogens (tertiary/aromatic N) is 1. The minimum absolute atomic E-state index is 0.0339. The molecule has 0 saturated carbocycles. The van der Waals surface area contributed by atoms with Gasteiger partial charge in [0.2, 0.25) is 11.8 Å². The molecule has 0 bridgehead atoms. The third-order valence-corrected chi connectivity index (χ3v) is 4.70. The van der Waals surface area contributed by atoms with Gasteiger partial charge < -0.3 is 10.2 Å². The van der Waals surface area contributed by atoms with Gasteiger partial charge in [0.05, 0.1) is 17.2 Å². The number of carbonyl (C=O) groups is 2. The maximum absolute atomic E-state index is 13.1. The maximum atomic E-state index is 13.1. The van der Waals surface area contributed by atoms with Gasteiger partial charge in [-0.05, 0) is 37.1 Å². The highest BCUT2D eigenvalue weighted by molar-refractivity contribution is 6.04. The smallest absolute Gasteiger partial charge is 0.325 e. The highest BCUT2D eigenvalue weighted by Crippen LogP contribution is 2.36. The number of benzene rings is 2. The number of rotatable bonds is 3. The highest BCUT2D eigenvalue weighted by Gasteiger charge is 2.38. The van der Waals surface area contributed by atoms with Crippen LogP contribution in [0, 0.1) is 19.8 Å². The van der Waals surface area contributed by atoms with Gasteiger partial charge in [-0.25, -0.2) is 0 Å². The fourth-order valence-corrected chi connectivity index (χ4v) is 3.40. The van der Waals surface area contributed by atoms with Crippen LogP contribution in [-0.4, -0.2) is 18.4 Å². The van der Waals surface area contributed by atoms with E-state index in [1.807, 2.05) is 32.0 Å². The molecule has 4 nitrogen and oxygen atoms in total. The molecule has 1 saturated heterocycles. The molecule has 2 amide bonds. The number of alkyl halides is 3. The molecule has 1 fully saturated rings. The van der Waals surface area contributed by atoms with Gasteiger partial charge in [0, 0.05) is 18.7 Å². The molecule has 2 aromatic rings. The Labute approximate surface area is 155 Å². The van der Waals surface area contributed by atoms with Gasteiger partial charge in [-0.3, -0.25) is 9.59 Å². The van der Waals surface area contributed by atoms with E-state index in [-0.39, 0.29) is 24.6 Å². The molecule has 0 spiro atoms. The van der Waals surface area contributed by atoms with Crippen LogP contribution in [0.15, 0.2) is 42.5 Å². The van der Waals surface area contributed by atoms with Crippen LogP contribution in [0.5, 0.6) is 0 Å². The summed E-state index contributed by atoms with van der Waals surface area (Å²) in [6, 6.07) is 10.4. The molecule has 0 aromatic heterocycles. The fourth-order valence-electron chi connectivity index (χ4n) is 3.40. The van der Waals surface area contributed by atoms with E-state index in [0.29, 0.717) is 0 Å². The number of halogens is 3. The van der Waals surface area contributed by atoms with Gasteiger partial charge in [-0.15, -0.1) is 0 Å². The summed E-state index contributed by atoms with van der Waals surface area (Å²) >= 11 is 0. The normalized spacial score (nSPS) is 17.3. The van der Waals surface area contributed by atoms with E-state index >= 15 is 0 Å². The standard InChI is InChI=1S/C20H19F3N2O2/c1-12-6-5-7-13(2)18(12)25-11-14(10-17(25)26)19(27)24-16-9-4-3-8-15(16)20(21,22)23/h3-9,14H,10-11H2,1-2H3,(H,24,27)/t14-/m0/s1. The Balaban J connectivity index is 1.80. The van der Waals surface area contributed by atoms with Crippen molar-refractivity contribution < 1.29 is 22.8 Å². The van der Waals surface area contributed by atoms with Gasteiger partial charge in [0.1, 0.15) is 0 Å². The monoisotopic (exact) mass is 376 g/mol.